The van der Waals surface area contributed by atoms with E-state index >= 15 is 0 Å². The molecule has 0 fully saturated rings. The topological polar surface area (TPSA) is 102 Å². The molecule has 5 rings (SSSR count). The predicted octanol–water partition coefficient (Wildman–Crippen LogP) is 5.21. The third-order valence-electron chi connectivity index (χ3n) is 4.88. The molecule has 0 aliphatic rings. The highest BCUT2D eigenvalue weighted by Gasteiger charge is 2.21. The van der Waals surface area contributed by atoms with Crippen LogP contribution in [0.15, 0.2) is 76.0 Å². The molecule has 0 radical (unpaired) electrons. The summed E-state index contributed by atoms with van der Waals surface area (Å²) in [5, 5.41) is 14.5. The van der Waals surface area contributed by atoms with Gasteiger partial charge in [-0.1, -0.05) is 24.3 Å². The molecule has 0 unspecified atom stereocenters. The minimum atomic E-state index is -0.294. The van der Waals surface area contributed by atoms with Crippen molar-refractivity contribution in [3.8, 4) is 27.7 Å². The van der Waals surface area contributed by atoms with Crippen LogP contribution in [-0.2, 0) is 11.3 Å². The van der Waals surface area contributed by atoms with Crippen molar-refractivity contribution in [1.82, 2.24) is 20.1 Å². The van der Waals surface area contributed by atoms with Crippen molar-refractivity contribution < 1.29 is 14.0 Å². The number of amides is 2. The van der Waals surface area contributed by atoms with E-state index in [1.54, 1.807) is 23.0 Å². The number of rotatable bonds is 7. The molecule has 2 N–H and O–H groups in total. The van der Waals surface area contributed by atoms with Crippen LogP contribution in [0.3, 0.4) is 0 Å². The van der Waals surface area contributed by atoms with E-state index in [9.17, 15) is 9.59 Å². The molecule has 0 saturated carbocycles. The normalized spacial score (nSPS) is 10.9. The van der Waals surface area contributed by atoms with Crippen LogP contribution in [-0.4, -0.2) is 26.6 Å². The fraction of sp³-hybridized carbons (Fsp3) is 0.0833. The fourth-order valence-corrected chi connectivity index (χ4v) is 4.70. The summed E-state index contributed by atoms with van der Waals surface area (Å²) in [6.07, 6.45) is 1.73. The zero-order chi connectivity index (χ0) is 23.5. The number of carbonyl (C=O) groups is 2. The lowest BCUT2D eigenvalue weighted by Crippen LogP contribution is -2.18. The number of aromatic nitrogens is 3. The van der Waals surface area contributed by atoms with Crippen molar-refractivity contribution in [2.45, 2.75) is 13.5 Å². The van der Waals surface area contributed by atoms with Gasteiger partial charge >= 0.3 is 0 Å². The van der Waals surface area contributed by atoms with Gasteiger partial charge in [0.1, 0.15) is 17.1 Å². The van der Waals surface area contributed by atoms with Crippen LogP contribution in [0.1, 0.15) is 23.0 Å². The third kappa shape index (κ3) is 4.68. The van der Waals surface area contributed by atoms with E-state index in [2.05, 4.69) is 20.7 Å². The molecule has 4 heterocycles. The van der Waals surface area contributed by atoms with Gasteiger partial charge in [0.15, 0.2) is 10.9 Å². The highest BCUT2D eigenvalue weighted by Crippen LogP contribution is 2.30. The van der Waals surface area contributed by atoms with Gasteiger partial charge in [-0.2, -0.15) is 5.10 Å². The van der Waals surface area contributed by atoms with Crippen LogP contribution in [0, 0.1) is 0 Å². The zero-order valence-corrected chi connectivity index (χ0v) is 19.7. The highest BCUT2D eigenvalue weighted by atomic mass is 32.1. The summed E-state index contributed by atoms with van der Waals surface area (Å²) in [7, 11) is 0. The number of furan rings is 1. The number of anilines is 1. The van der Waals surface area contributed by atoms with Gasteiger partial charge in [-0.15, -0.1) is 22.7 Å². The van der Waals surface area contributed by atoms with Gasteiger partial charge < -0.3 is 9.73 Å². The van der Waals surface area contributed by atoms with E-state index in [1.807, 2.05) is 53.2 Å². The molecular formula is C24H19N5O3S2. The van der Waals surface area contributed by atoms with Gasteiger partial charge in [-0.3, -0.25) is 14.9 Å². The first-order valence-electron chi connectivity index (χ1n) is 10.4. The summed E-state index contributed by atoms with van der Waals surface area (Å²) in [4.78, 5) is 29.7. The lowest BCUT2D eigenvalue weighted by atomic mass is 10.2. The first-order valence-corrected chi connectivity index (χ1v) is 12.1. The molecule has 8 nitrogen and oxygen atoms in total. The minimum absolute atomic E-state index is 0.130. The van der Waals surface area contributed by atoms with Crippen molar-refractivity contribution in [3.05, 3.63) is 82.9 Å². The second-order valence-corrected chi connectivity index (χ2v) is 9.12. The molecule has 1 aromatic carbocycles. The number of para-hydroxylation sites is 1. The maximum Gasteiger partial charge on any atom is 0.261 e. The maximum absolute atomic E-state index is 13.2. The Morgan fingerprint density at radius 1 is 1.06 bits per heavy atom. The lowest BCUT2D eigenvalue weighted by molar-refractivity contribution is -0.119. The minimum Gasteiger partial charge on any atom is -0.458 e. The van der Waals surface area contributed by atoms with E-state index in [1.165, 1.54) is 29.6 Å². The summed E-state index contributed by atoms with van der Waals surface area (Å²) < 4.78 is 7.45. The second-order valence-electron chi connectivity index (χ2n) is 7.32. The molecule has 0 aliphatic heterocycles. The monoisotopic (exact) mass is 489 g/mol. The molecule has 10 heteroatoms. The average Bonchev–Trinajstić information content (AvgIpc) is 3.64. The number of benzene rings is 1. The third-order valence-corrected chi connectivity index (χ3v) is 6.52. The van der Waals surface area contributed by atoms with Crippen LogP contribution in [0.5, 0.6) is 0 Å². The van der Waals surface area contributed by atoms with Crippen LogP contribution < -0.4 is 10.6 Å². The van der Waals surface area contributed by atoms with Gasteiger partial charge in [0.2, 0.25) is 5.91 Å². The van der Waals surface area contributed by atoms with Crippen molar-refractivity contribution in [2.24, 2.45) is 0 Å². The Hall–Kier alpha value is -4.02. The SMILES string of the molecule is CC(=O)NCc1ccc(-c2csc(NC(=O)c3cn(-c4ccccc4)nc3-c3cccs3)n2)o1. The molecule has 0 aliphatic carbocycles. The summed E-state index contributed by atoms with van der Waals surface area (Å²) in [5.41, 5.74) is 2.54. The number of thiophene rings is 1. The van der Waals surface area contributed by atoms with Crippen LogP contribution >= 0.6 is 22.7 Å². The number of hydrogen-bond acceptors (Lipinski definition) is 7. The number of nitrogens with zero attached hydrogens (tertiary/aromatic N) is 3. The van der Waals surface area contributed by atoms with Crippen LogP contribution in [0.4, 0.5) is 5.13 Å². The molecule has 0 spiro atoms. The fourth-order valence-electron chi connectivity index (χ4n) is 3.28. The van der Waals surface area contributed by atoms with Crippen molar-refractivity contribution in [2.75, 3.05) is 5.32 Å². The van der Waals surface area contributed by atoms with Crippen LogP contribution in [0.25, 0.3) is 27.7 Å². The molecule has 0 bridgehead atoms. The lowest BCUT2D eigenvalue weighted by Gasteiger charge is -2.01. The van der Waals surface area contributed by atoms with Gasteiger partial charge in [0.25, 0.3) is 5.91 Å². The van der Waals surface area contributed by atoms with E-state index in [0.29, 0.717) is 40.1 Å². The number of hydrogen-bond donors (Lipinski definition) is 2. The number of nitrogens with one attached hydrogen (secondary N) is 2. The Labute approximate surface area is 202 Å². The zero-order valence-electron chi connectivity index (χ0n) is 18.0. The smallest absolute Gasteiger partial charge is 0.261 e. The maximum atomic E-state index is 13.2. The molecule has 0 atom stereocenters. The summed E-state index contributed by atoms with van der Waals surface area (Å²) in [6.45, 7) is 1.76. The van der Waals surface area contributed by atoms with Crippen molar-refractivity contribution >= 4 is 39.6 Å². The van der Waals surface area contributed by atoms with Gasteiger partial charge in [0.05, 0.1) is 22.7 Å². The average molecular weight is 490 g/mol. The van der Waals surface area contributed by atoms with Crippen LogP contribution in [0.2, 0.25) is 0 Å². The number of carbonyl (C=O) groups excluding carboxylic acids is 2. The number of thiazole rings is 1. The van der Waals surface area contributed by atoms with E-state index in [0.717, 1.165) is 10.6 Å². The molecular weight excluding hydrogens is 470 g/mol. The molecule has 170 valence electrons. The molecule has 5 aromatic rings. The van der Waals surface area contributed by atoms with Gasteiger partial charge in [-0.05, 0) is 35.7 Å². The quantitative estimate of drug-likeness (QED) is 0.327. The summed E-state index contributed by atoms with van der Waals surface area (Å²) >= 11 is 2.83. The van der Waals surface area contributed by atoms with Crippen molar-refractivity contribution in [3.63, 3.8) is 0 Å². The molecule has 2 amide bonds. The first-order chi connectivity index (χ1) is 16.6. The van der Waals surface area contributed by atoms with Gasteiger partial charge in [0, 0.05) is 18.5 Å². The highest BCUT2D eigenvalue weighted by molar-refractivity contribution is 7.14. The Morgan fingerprint density at radius 2 is 1.91 bits per heavy atom. The van der Waals surface area contributed by atoms with Gasteiger partial charge in [-0.25, -0.2) is 9.67 Å². The van der Waals surface area contributed by atoms with E-state index in [-0.39, 0.29) is 11.8 Å². The standard InChI is InChI=1S/C24H19N5O3S2/c1-15(30)25-12-17-9-10-20(32-17)19-14-34-24(26-19)27-23(31)18-13-29(16-6-3-2-4-7-16)28-22(18)21-8-5-11-33-21/h2-11,13-14H,12H2,1H3,(H,25,30)(H,26,27,31). The largest absolute Gasteiger partial charge is 0.458 e. The Balaban J connectivity index is 1.37. The Kier molecular flexibility index (Phi) is 6.07. The second kappa shape index (κ2) is 9.46. The Bertz CT molecular complexity index is 1430. The molecule has 34 heavy (non-hydrogen) atoms. The van der Waals surface area contributed by atoms with Crippen molar-refractivity contribution in [1.29, 1.82) is 0 Å². The van der Waals surface area contributed by atoms with E-state index < -0.39 is 0 Å². The predicted molar refractivity (Wildman–Crippen MR) is 132 cm³/mol. The first kappa shape index (κ1) is 21.8. The van der Waals surface area contributed by atoms with E-state index in [4.69, 9.17) is 4.42 Å². The molecule has 4 aromatic heterocycles. The summed E-state index contributed by atoms with van der Waals surface area (Å²) in [6, 6.07) is 17.1. The molecule has 0 saturated heterocycles. The Morgan fingerprint density at radius 3 is 2.68 bits per heavy atom. The summed E-state index contributed by atoms with van der Waals surface area (Å²) in [5.74, 6) is 0.761.